The number of carbonyl (C=O) groups excluding carboxylic acids is 1. The van der Waals surface area contributed by atoms with E-state index in [9.17, 15) is 17.6 Å². The molecule has 0 bridgehead atoms. The predicted octanol–water partition coefficient (Wildman–Crippen LogP) is 3.44. The fourth-order valence-corrected chi connectivity index (χ4v) is 5.09. The summed E-state index contributed by atoms with van der Waals surface area (Å²) in [5, 5.41) is 2.89. The number of nitrogens with zero attached hydrogens (tertiary/aromatic N) is 2. The molecule has 6 nitrogen and oxygen atoms in total. The SMILES string of the molecule is O=C(CN1CCN(S(=O)(=O)c2ccc(F)cc2)CC1)Nc1ccc(-c2ccccc2)cc1. The van der Waals surface area contributed by atoms with Gasteiger partial charge in [0.05, 0.1) is 11.4 Å². The number of nitrogens with one attached hydrogen (secondary N) is 1. The summed E-state index contributed by atoms with van der Waals surface area (Å²) in [6, 6.07) is 22.5. The van der Waals surface area contributed by atoms with Crippen LogP contribution in [-0.4, -0.2) is 56.3 Å². The van der Waals surface area contributed by atoms with Crippen molar-refractivity contribution in [1.82, 2.24) is 9.21 Å². The number of hydrogen-bond donors (Lipinski definition) is 1. The molecule has 0 aromatic heterocycles. The van der Waals surface area contributed by atoms with Crippen LogP contribution in [0, 0.1) is 5.82 Å². The van der Waals surface area contributed by atoms with Gasteiger partial charge >= 0.3 is 0 Å². The van der Waals surface area contributed by atoms with Gasteiger partial charge in [-0.25, -0.2) is 12.8 Å². The highest BCUT2D eigenvalue weighted by Gasteiger charge is 2.29. The number of halogens is 1. The second-order valence-electron chi connectivity index (χ2n) is 7.63. The molecule has 0 unspecified atom stereocenters. The summed E-state index contributed by atoms with van der Waals surface area (Å²) in [7, 11) is -3.67. The highest BCUT2D eigenvalue weighted by molar-refractivity contribution is 7.89. The molecule has 1 aliphatic heterocycles. The Morgan fingerprint density at radius 1 is 0.812 bits per heavy atom. The van der Waals surface area contributed by atoms with Gasteiger partial charge in [0, 0.05) is 31.9 Å². The number of piperazine rings is 1. The molecule has 0 atom stereocenters. The normalized spacial score (nSPS) is 15.4. The van der Waals surface area contributed by atoms with Gasteiger partial charge in [-0.2, -0.15) is 4.31 Å². The predicted molar refractivity (Wildman–Crippen MR) is 122 cm³/mol. The zero-order valence-electron chi connectivity index (χ0n) is 17.4. The van der Waals surface area contributed by atoms with Crippen molar-refractivity contribution < 1.29 is 17.6 Å². The molecular formula is C24H24FN3O3S. The molecule has 0 saturated carbocycles. The maximum Gasteiger partial charge on any atom is 0.243 e. The van der Waals surface area contributed by atoms with Crippen LogP contribution in [0.25, 0.3) is 11.1 Å². The van der Waals surface area contributed by atoms with Gasteiger partial charge in [0.25, 0.3) is 0 Å². The summed E-state index contributed by atoms with van der Waals surface area (Å²) >= 11 is 0. The third kappa shape index (κ3) is 5.21. The lowest BCUT2D eigenvalue weighted by atomic mass is 10.1. The van der Waals surface area contributed by atoms with Crippen LogP contribution in [0.3, 0.4) is 0 Å². The molecular weight excluding hydrogens is 429 g/mol. The summed E-state index contributed by atoms with van der Waals surface area (Å²) in [5.41, 5.74) is 2.90. The second-order valence-corrected chi connectivity index (χ2v) is 9.56. The third-order valence-corrected chi connectivity index (χ3v) is 7.34. The second kappa shape index (κ2) is 9.60. The van der Waals surface area contributed by atoms with Gasteiger partial charge in [-0.1, -0.05) is 42.5 Å². The average Bonchev–Trinajstić information content (AvgIpc) is 2.81. The van der Waals surface area contributed by atoms with Crippen LogP contribution in [0.2, 0.25) is 0 Å². The Balaban J connectivity index is 1.29. The van der Waals surface area contributed by atoms with Crippen LogP contribution >= 0.6 is 0 Å². The maximum atomic E-state index is 13.1. The molecule has 32 heavy (non-hydrogen) atoms. The van der Waals surface area contributed by atoms with E-state index in [2.05, 4.69) is 5.32 Å². The quantitative estimate of drug-likeness (QED) is 0.621. The molecule has 3 aromatic rings. The largest absolute Gasteiger partial charge is 0.325 e. The van der Waals surface area contributed by atoms with E-state index < -0.39 is 15.8 Å². The third-order valence-electron chi connectivity index (χ3n) is 5.43. The van der Waals surface area contributed by atoms with Crippen molar-refractivity contribution in [3.05, 3.63) is 84.7 Å². The Hall–Kier alpha value is -3.07. The average molecular weight is 454 g/mol. The summed E-state index contributed by atoms with van der Waals surface area (Å²) in [5.74, 6) is -0.623. The van der Waals surface area contributed by atoms with Gasteiger partial charge in [0.15, 0.2) is 0 Å². The van der Waals surface area contributed by atoms with E-state index in [1.807, 2.05) is 59.5 Å². The van der Waals surface area contributed by atoms with Crippen LogP contribution in [-0.2, 0) is 14.8 Å². The van der Waals surface area contributed by atoms with Gasteiger partial charge in [-0.05, 0) is 47.5 Å². The smallest absolute Gasteiger partial charge is 0.243 e. The molecule has 1 amide bonds. The minimum Gasteiger partial charge on any atom is -0.325 e. The number of anilines is 1. The Morgan fingerprint density at radius 2 is 1.41 bits per heavy atom. The topological polar surface area (TPSA) is 69.7 Å². The highest BCUT2D eigenvalue weighted by Crippen LogP contribution is 2.21. The van der Waals surface area contributed by atoms with Crippen molar-refractivity contribution in [2.75, 3.05) is 38.0 Å². The van der Waals surface area contributed by atoms with Crippen LogP contribution in [0.15, 0.2) is 83.8 Å². The lowest BCUT2D eigenvalue weighted by Gasteiger charge is -2.33. The highest BCUT2D eigenvalue weighted by atomic mass is 32.2. The van der Waals surface area contributed by atoms with Crippen LogP contribution < -0.4 is 5.32 Å². The Bertz CT molecular complexity index is 1160. The van der Waals surface area contributed by atoms with E-state index >= 15 is 0 Å². The van der Waals surface area contributed by atoms with E-state index in [4.69, 9.17) is 0 Å². The zero-order chi connectivity index (χ0) is 22.6. The van der Waals surface area contributed by atoms with Crippen molar-refractivity contribution >= 4 is 21.6 Å². The summed E-state index contributed by atoms with van der Waals surface area (Å²) in [6.45, 7) is 1.63. The van der Waals surface area contributed by atoms with Gasteiger partial charge in [-0.3, -0.25) is 9.69 Å². The number of carbonyl (C=O) groups is 1. The molecule has 3 aromatic carbocycles. The lowest BCUT2D eigenvalue weighted by molar-refractivity contribution is -0.117. The van der Waals surface area contributed by atoms with E-state index in [0.717, 1.165) is 23.3 Å². The molecule has 1 fully saturated rings. The first-order valence-electron chi connectivity index (χ1n) is 10.4. The molecule has 1 aliphatic rings. The maximum absolute atomic E-state index is 13.1. The number of benzene rings is 3. The van der Waals surface area contributed by atoms with Crippen LogP contribution in [0.5, 0.6) is 0 Å². The van der Waals surface area contributed by atoms with Crippen LogP contribution in [0.4, 0.5) is 10.1 Å². The minimum atomic E-state index is -3.67. The summed E-state index contributed by atoms with van der Waals surface area (Å²) in [4.78, 5) is 14.4. The summed E-state index contributed by atoms with van der Waals surface area (Å²) < 4.78 is 39.9. The molecule has 0 aliphatic carbocycles. The number of rotatable bonds is 6. The molecule has 1 N–H and O–H groups in total. The van der Waals surface area contributed by atoms with E-state index in [-0.39, 0.29) is 30.4 Å². The molecule has 166 valence electrons. The van der Waals surface area contributed by atoms with Gasteiger partial charge < -0.3 is 5.32 Å². The standard InChI is InChI=1S/C24H24FN3O3S/c25-21-8-12-23(13-9-21)32(30,31)28-16-14-27(15-17-28)18-24(29)26-22-10-6-20(7-11-22)19-4-2-1-3-5-19/h1-13H,14-18H2,(H,26,29). The number of sulfonamides is 1. The Kier molecular flexibility index (Phi) is 6.64. The van der Waals surface area contributed by atoms with E-state index in [1.54, 1.807) is 0 Å². The molecule has 4 rings (SSSR count). The van der Waals surface area contributed by atoms with Crippen molar-refractivity contribution in [3.8, 4) is 11.1 Å². The van der Waals surface area contributed by atoms with Crippen LogP contribution in [0.1, 0.15) is 0 Å². The first kappa shape index (κ1) is 22.1. The zero-order valence-corrected chi connectivity index (χ0v) is 18.3. The van der Waals surface area contributed by atoms with E-state index in [0.29, 0.717) is 18.8 Å². The van der Waals surface area contributed by atoms with E-state index in [1.165, 1.54) is 16.4 Å². The fourth-order valence-electron chi connectivity index (χ4n) is 3.66. The Morgan fingerprint density at radius 3 is 2.03 bits per heavy atom. The van der Waals surface area contributed by atoms with Crippen molar-refractivity contribution in [3.63, 3.8) is 0 Å². The first-order chi connectivity index (χ1) is 15.4. The van der Waals surface area contributed by atoms with Gasteiger partial charge in [-0.15, -0.1) is 0 Å². The van der Waals surface area contributed by atoms with Crippen molar-refractivity contribution in [2.24, 2.45) is 0 Å². The first-order valence-corrected chi connectivity index (χ1v) is 11.8. The molecule has 0 radical (unpaired) electrons. The van der Waals surface area contributed by atoms with Gasteiger partial charge in [0.1, 0.15) is 5.82 Å². The molecule has 0 spiro atoms. The van der Waals surface area contributed by atoms with Crippen molar-refractivity contribution in [2.45, 2.75) is 4.90 Å². The monoisotopic (exact) mass is 453 g/mol. The molecule has 1 heterocycles. The Labute approximate surface area is 187 Å². The minimum absolute atomic E-state index is 0.0732. The number of amides is 1. The van der Waals surface area contributed by atoms with Crippen molar-refractivity contribution in [1.29, 1.82) is 0 Å². The van der Waals surface area contributed by atoms with Gasteiger partial charge in [0.2, 0.25) is 15.9 Å². The fraction of sp³-hybridized carbons (Fsp3) is 0.208. The lowest BCUT2D eigenvalue weighted by Crippen LogP contribution is -2.50. The number of hydrogen-bond acceptors (Lipinski definition) is 4. The summed E-state index contributed by atoms with van der Waals surface area (Å²) in [6.07, 6.45) is 0. The molecule has 8 heteroatoms. The molecule has 1 saturated heterocycles.